The molecular weight excluding hydrogens is 396 g/mol. The number of carbonyl (C=O) groups excluding carboxylic acids is 1. The first-order chi connectivity index (χ1) is 15.7. The van der Waals surface area contributed by atoms with Gasteiger partial charge in [0.25, 0.3) is 5.91 Å². The number of benzene rings is 2. The molecule has 4 aromatic rings. The Labute approximate surface area is 188 Å². The molecule has 1 fully saturated rings. The van der Waals surface area contributed by atoms with Crippen molar-refractivity contribution in [2.75, 3.05) is 18.4 Å². The standard InChI is InChI=1S/C27H28N4O/c1-19-25(26(24-12-6-7-15-28-24)31-16-8-3-9-17-31)22-18-21(13-14-23(22)29-19)30-27(32)20-10-4-2-5-11-20/h2,4-7,10-15,18,26,29H,3,8-9,16-17H2,1H3,(H,30,32)/t26-/m1/s1. The van der Waals surface area contributed by atoms with E-state index in [1.807, 2.05) is 48.7 Å². The maximum atomic E-state index is 12.7. The number of H-pyrrole nitrogens is 1. The molecule has 2 aromatic carbocycles. The molecule has 3 heterocycles. The Hall–Kier alpha value is -3.44. The number of aromatic nitrogens is 2. The second-order valence-electron chi connectivity index (χ2n) is 8.50. The van der Waals surface area contributed by atoms with Crippen LogP contribution in [0.3, 0.4) is 0 Å². The zero-order chi connectivity index (χ0) is 21.9. The van der Waals surface area contributed by atoms with Crippen LogP contribution in [0.5, 0.6) is 0 Å². The van der Waals surface area contributed by atoms with Crippen LogP contribution in [0.2, 0.25) is 0 Å². The lowest BCUT2D eigenvalue weighted by atomic mass is 9.95. The van der Waals surface area contributed by atoms with Crippen molar-refractivity contribution in [3.8, 4) is 0 Å². The summed E-state index contributed by atoms with van der Waals surface area (Å²) < 4.78 is 0. The Morgan fingerprint density at radius 1 is 1.00 bits per heavy atom. The van der Waals surface area contributed by atoms with E-state index in [2.05, 4.69) is 46.4 Å². The van der Waals surface area contributed by atoms with Gasteiger partial charge in [-0.05, 0) is 75.3 Å². The number of nitrogens with one attached hydrogen (secondary N) is 2. The number of amides is 1. The number of hydrogen-bond acceptors (Lipinski definition) is 3. The fraction of sp³-hybridized carbons (Fsp3) is 0.259. The lowest BCUT2D eigenvalue weighted by Gasteiger charge is -2.34. The van der Waals surface area contributed by atoms with Crippen LogP contribution in [0.1, 0.15) is 52.6 Å². The van der Waals surface area contributed by atoms with Crippen molar-refractivity contribution in [3.05, 3.63) is 95.4 Å². The molecule has 0 bridgehead atoms. The molecule has 0 aliphatic carbocycles. The number of aromatic amines is 1. The molecule has 0 spiro atoms. The summed E-state index contributed by atoms with van der Waals surface area (Å²) in [5, 5.41) is 4.20. The topological polar surface area (TPSA) is 61.0 Å². The number of aryl methyl sites for hydroxylation is 1. The average molecular weight is 425 g/mol. The van der Waals surface area contributed by atoms with Crippen molar-refractivity contribution in [3.63, 3.8) is 0 Å². The molecular formula is C27H28N4O. The molecule has 32 heavy (non-hydrogen) atoms. The molecule has 0 radical (unpaired) electrons. The Kier molecular flexibility index (Phi) is 5.73. The van der Waals surface area contributed by atoms with E-state index in [-0.39, 0.29) is 11.9 Å². The molecule has 5 heteroatoms. The minimum Gasteiger partial charge on any atom is -0.358 e. The van der Waals surface area contributed by atoms with Gasteiger partial charge >= 0.3 is 0 Å². The third kappa shape index (κ3) is 4.04. The highest BCUT2D eigenvalue weighted by Crippen LogP contribution is 2.37. The molecule has 162 valence electrons. The summed E-state index contributed by atoms with van der Waals surface area (Å²) in [6.07, 6.45) is 5.59. The number of rotatable bonds is 5. The normalized spacial score (nSPS) is 15.5. The molecule has 1 atom stereocenters. The summed E-state index contributed by atoms with van der Waals surface area (Å²) in [5.41, 5.74) is 5.98. The van der Waals surface area contributed by atoms with E-state index in [1.54, 1.807) is 0 Å². The third-order valence-corrected chi connectivity index (χ3v) is 6.33. The minimum absolute atomic E-state index is 0.0883. The van der Waals surface area contributed by atoms with E-state index >= 15 is 0 Å². The largest absolute Gasteiger partial charge is 0.358 e. The summed E-state index contributed by atoms with van der Waals surface area (Å²) in [4.78, 5) is 23.6. The molecule has 0 saturated carbocycles. The Morgan fingerprint density at radius 3 is 2.53 bits per heavy atom. The number of hydrogen-bond donors (Lipinski definition) is 2. The van der Waals surface area contributed by atoms with E-state index < -0.39 is 0 Å². The highest BCUT2D eigenvalue weighted by Gasteiger charge is 2.29. The van der Waals surface area contributed by atoms with Gasteiger partial charge in [-0.25, -0.2) is 0 Å². The molecule has 5 rings (SSSR count). The maximum absolute atomic E-state index is 12.7. The van der Waals surface area contributed by atoms with Crippen molar-refractivity contribution in [2.45, 2.75) is 32.2 Å². The quantitative estimate of drug-likeness (QED) is 0.432. The predicted molar refractivity (Wildman–Crippen MR) is 129 cm³/mol. The van der Waals surface area contributed by atoms with Gasteiger partial charge in [-0.1, -0.05) is 30.7 Å². The van der Waals surface area contributed by atoms with Gasteiger partial charge in [-0.3, -0.25) is 14.7 Å². The van der Waals surface area contributed by atoms with Crippen LogP contribution in [0.15, 0.2) is 72.9 Å². The van der Waals surface area contributed by atoms with Crippen molar-refractivity contribution in [1.82, 2.24) is 14.9 Å². The molecule has 1 aliphatic rings. The first kappa shape index (κ1) is 20.5. The second-order valence-corrected chi connectivity index (χ2v) is 8.50. The van der Waals surface area contributed by atoms with Gasteiger partial charge in [0.2, 0.25) is 0 Å². The SMILES string of the molecule is Cc1[nH]c2ccc(NC(=O)c3ccccc3)cc2c1[C@@H](c1ccccn1)N1CCCCC1. The van der Waals surface area contributed by atoms with Gasteiger partial charge in [0.15, 0.2) is 0 Å². The number of carbonyl (C=O) groups is 1. The molecule has 1 aliphatic heterocycles. The summed E-state index contributed by atoms with van der Waals surface area (Å²) in [6.45, 7) is 4.27. The molecule has 2 N–H and O–H groups in total. The Morgan fingerprint density at radius 2 is 1.78 bits per heavy atom. The zero-order valence-corrected chi connectivity index (χ0v) is 18.3. The summed E-state index contributed by atoms with van der Waals surface area (Å²) in [7, 11) is 0. The first-order valence-electron chi connectivity index (χ1n) is 11.3. The van der Waals surface area contributed by atoms with Crippen LogP contribution in [-0.4, -0.2) is 33.9 Å². The fourth-order valence-corrected chi connectivity index (χ4v) is 4.80. The van der Waals surface area contributed by atoms with E-state index in [0.717, 1.165) is 41.1 Å². The van der Waals surface area contributed by atoms with Crippen molar-refractivity contribution in [1.29, 1.82) is 0 Å². The monoisotopic (exact) mass is 424 g/mol. The van der Waals surface area contributed by atoms with E-state index in [4.69, 9.17) is 4.98 Å². The smallest absolute Gasteiger partial charge is 0.255 e. The number of piperidine rings is 1. The van der Waals surface area contributed by atoms with Crippen molar-refractivity contribution < 1.29 is 4.79 Å². The van der Waals surface area contributed by atoms with Crippen LogP contribution in [0.4, 0.5) is 5.69 Å². The average Bonchev–Trinajstić information content (AvgIpc) is 3.16. The van der Waals surface area contributed by atoms with E-state index in [9.17, 15) is 4.79 Å². The van der Waals surface area contributed by atoms with E-state index in [1.165, 1.54) is 24.8 Å². The molecule has 1 saturated heterocycles. The van der Waals surface area contributed by atoms with Gasteiger partial charge in [-0.15, -0.1) is 0 Å². The van der Waals surface area contributed by atoms with Gasteiger partial charge in [0.1, 0.15) is 0 Å². The van der Waals surface area contributed by atoms with Crippen LogP contribution in [0, 0.1) is 6.92 Å². The van der Waals surface area contributed by atoms with Crippen LogP contribution in [0.25, 0.3) is 10.9 Å². The van der Waals surface area contributed by atoms with Crippen molar-refractivity contribution >= 4 is 22.5 Å². The minimum atomic E-state index is -0.101. The lowest BCUT2D eigenvalue weighted by molar-refractivity contribution is 0.102. The fourth-order valence-electron chi connectivity index (χ4n) is 4.80. The van der Waals surface area contributed by atoms with Gasteiger partial charge in [-0.2, -0.15) is 0 Å². The summed E-state index contributed by atoms with van der Waals surface area (Å²) in [5.74, 6) is -0.101. The van der Waals surface area contributed by atoms with Gasteiger partial charge < -0.3 is 10.3 Å². The lowest BCUT2D eigenvalue weighted by Crippen LogP contribution is -2.35. The first-order valence-corrected chi connectivity index (χ1v) is 11.3. The van der Waals surface area contributed by atoms with Crippen LogP contribution < -0.4 is 5.32 Å². The number of anilines is 1. The molecule has 2 aromatic heterocycles. The van der Waals surface area contributed by atoms with Crippen molar-refractivity contribution in [2.24, 2.45) is 0 Å². The summed E-state index contributed by atoms with van der Waals surface area (Å²) in [6, 6.07) is 21.7. The number of nitrogens with zero attached hydrogens (tertiary/aromatic N) is 2. The van der Waals surface area contributed by atoms with E-state index in [0.29, 0.717) is 5.56 Å². The van der Waals surface area contributed by atoms with Crippen LogP contribution >= 0.6 is 0 Å². The highest BCUT2D eigenvalue weighted by atomic mass is 16.1. The van der Waals surface area contributed by atoms with Gasteiger partial charge in [0.05, 0.1) is 11.7 Å². The highest BCUT2D eigenvalue weighted by molar-refractivity contribution is 6.05. The van der Waals surface area contributed by atoms with Gasteiger partial charge in [0, 0.05) is 39.6 Å². The third-order valence-electron chi connectivity index (χ3n) is 6.33. The Balaban J connectivity index is 1.56. The predicted octanol–water partition coefficient (Wildman–Crippen LogP) is 5.70. The number of pyridine rings is 1. The zero-order valence-electron chi connectivity index (χ0n) is 18.3. The molecule has 0 unspecified atom stereocenters. The number of fused-ring (bicyclic) bond motifs is 1. The molecule has 1 amide bonds. The van der Waals surface area contributed by atoms with Crippen LogP contribution in [-0.2, 0) is 0 Å². The number of likely N-dealkylation sites (tertiary alicyclic amines) is 1. The summed E-state index contributed by atoms with van der Waals surface area (Å²) >= 11 is 0. The second kappa shape index (κ2) is 8.97. The maximum Gasteiger partial charge on any atom is 0.255 e. The Bertz CT molecular complexity index is 1210. The molecule has 5 nitrogen and oxygen atoms in total.